The van der Waals surface area contributed by atoms with E-state index < -0.39 is 6.04 Å². The molecule has 0 aliphatic carbocycles. The van der Waals surface area contributed by atoms with Crippen LogP contribution in [-0.4, -0.2) is 69.6 Å². The van der Waals surface area contributed by atoms with Gasteiger partial charge in [0.05, 0.1) is 24.3 Å². The van der Waals surface area contributed by atoms with Crippen LogP contribution in [0.1, 0.15) is 44.6 Å². The maximum atomic E-state index is 13.3. The largest absolute Gasteiger partial charge is 0.486 e. The Morgan fingerprint density at radius 1 is 1.09 bits per heavy atom. The Bertz CT molecular complexity index is 1180. The van der Waals surface area contributed by atoms with Crippen LogP contribution in [0.25, 0.3) is 10.9 Å². The summed E-state index contributed by atoms with van der Waals surface area (Å²) in [7, 11) is 0. The summed E-state index contributed by atoms with van der Waals surface area (Å²) in [4.78, 5) is 18.6. The summed E-state index contributed by atoms with van der Waals surface area (Å²) in [6.45, 7) is 9.85. The van der Waals surface area contributed by atoms with Gasteiger partial charge < -0.3 is 19.2 Å². The van der Waals surface area contributed by atoms with E-state index >= 15 is 0 Å². The number of ether oxygens (including phenoxy) is 3. The number of hydrogen-bond donors (Lipinski definition) is 1. The van der Waals surface area contributed by atoms with Crippen molar-refractivity contribution in [3.05, 3.63) is 39.9 Å². The van der Waals surface area contributed by atoms with Gasteiger partial charge in [0, 0.05) is 30.1 Å². The molecule has 0 spiro atoms. The van der Waals surface area contributed by atoms with Crippen LogP contribution < -0.4 is 15.0 Å². The van der Waals surface area contributed by atoms with Crippen molar-refractivity contribution in [2.45, 2.75) is 38.8 Å². The fourth-order valence-corrected chi connectivity index (χ4v) is 4.24. The van der Waals surface area contributed by atoms with E-state index in [1.54, 1.807) is 0 Å². The quantitative estimate of drug-likeness (QED) is 0.641. The summed E-state index contributed by atoms with van der Waals surface area (Å²) in [5, 5.41) is 13.5. The monoisotopic (exact) mass is 440 g/mol. The highest BCUT2D eigenvalue weighted by Crippen LogP contribution is 2.35. The second kappa shape index (κ2) is 8.18. The molecule has 5 rings (SSSR count). The van der Waals surface area contributed by atoms with Crippen molar-refractivity contribution in [1.82, 2.24) is 30.1 Å². The van der Waals surface area contributed by atoms with E-state index in [1.165, 1.54) is 0 Å². The number of tetrazole rings is 1. The zero-order valence-electron chi connectivity index (χ0n) is 18.6. The first-order chi connectivity index (χ1) is 15.5. The minimum Gasteiger partial charge on any atom is -0.486 e. The Hall–Kier alpha value is -2.98. The molecule has 32 heavy (non-hydrogen) atoms. The van der Waals surface area contributed by atoms with Gasteiger partial charge >= 0.3 is 0 Å². The van der Waals surface area contributed by atoms with Crippen LogP contribution in [0.4, 0.5) is 0 Å². The molecule has 1 saturated heterocycles. The van der Waals surface area contributed by atoms with E-state index in [9.17, 15) is 4.79 Å². The van der Waals surface area contributed by atoms with E-state index in [0.29, 0.717) is 67.9 Å². The standard InChI is InChI=1S/C22H28N6O4/c1-4-22(2,3)28-20(24-25-26-28)19(27-5-7-30-8-6-27)15-11-14-12-17-18(32-10-9-31-17)13-16(14)23-21(15)29/h11-13,19H,4-10H2,1-3H3,(H,23,29)/t19-/m1/s1. The van der Waals surface area contributed by atoms with Gasteiger partial charge in [-0.1, -0.05) is 6.92 Å². The average molecular weight is 441 g/mol. The van der Waals surface area contributed by atoms with Crippen molar-refractivity contribution >= 4 is 10.9 Å². The van der Waals surface area contributed by atoms with E-state index in [2.05, 4.69) is 46.2 Å². The summed E-state index contributed by atoms with van der Waals surface area (Å²) >= 11 is 0. The SMILES string of the molecule is CCC(C)(C)n1nnnc1[C@@H](c1cc2cc3c(cc2[nH]c1=O)OCCO3)N1CCOCC1. The number of nitrogens with zero attached hydrogens (tertiary/aromatic N) is 5. The molecule has 1 N–H and O–H groups in total. The predicted molar refractivity (Wildman–Crippen MR) is 117 cm³/mol. The van der Waals surface area contributed by atoms with Crippen LogP contribution in [0.5, 0.6) is 11.5 Å². The fourth-order valence-electron chi connectivity index (χ4n) is 4.24. The second-order valence-corrected chi connectivity index (χ2v) is 8.80. The van der Waals surface area contributed by atoms with Crippen LogP contribution >= 0.6 is 0 Å². The number of aromatic amines is 1. The second-order valence-electron chi connectivity index (χ2n) is 8.80. The van der Waals surface area contributed by atoms with Crippen molar-refractivity contribution in [1.29, 1.82) is 0 Å². The lowest BCUT2D eigenvalue weighted by Crippen LogP contribution is -2.43. The maximum Gasteiger partial charge on any atom is 0.253 e. The van der Waals surface area contributed by atoms with Gasteiger partial charge in [-0.15, -0.1) is 5.10 Å². The van der Waals surface area contributed by atoms with Crippen molar-refractivity contribution in [2.24, 2.45) is 0 Å². The van der Waals surface area contributed by atoms with Crippen molar-refractivity contribution < 1.29 is 14.2 Å². The highest BCUT2D eigenvalue weighted by Gasteiger charge is 2.35. The third-order valence-electron chi connectivity index (χ3n) is 6.42. The molecule has 1 atom stereocenters. The normalized spacial score (nSPS) is 18.1. The fraction of sp³-hybridized carbons (Fsp3) is 0.545. The zero-order chi connectivity index (χ0) is 22.3. The Labute approximate surface area is 185 Å². The Morgan fingerprint density at radius 2 is 1.81 bits per heavy atom. The van der Waals surface area contributed by atoms with Gasteiger partial charge in [-0.3, -0.25) is 9.69 Å². The third kappa shape index (κ3) is 3.63. The molecular formula is C22H28N6O4. The van der Waals surface area contributed by atoms with Gasteiger partial charge in [0.1, 0.15) is 19.3 Å². The lowest BCUT2D eigenvalue weighted by molar-refractivity contribution is 0.0204. The molecule has 4 heterocycles. The summed E-state index contributed by atoms with van der Waals surface area (Å²) in [5.74, 6) is 1.98. The van der Waals surface area contributed by atoms with Crippen molar-refractivity contribution in [3.8, 4) is 11.5 Å². The first kappa shape index (κ1) is 20.9. The number of aromatic nitrogens is 5. The van der Waals surface area contributed by atoms with Gasteiger partial charge in [0.15, 0.2) is 17.3 Å². The molecule has 0 bridgehead atoms. The van der Waals surface area contributed by atoms with Gasteiger partial charge in [0.25, 0.3) is 5.56 Å². The summed E-state index contributed by atoms with van der Waals surface area (Å²) in [6.07, 6.45) is 0.846. The molecule has 0 saturated carbocycles. The maximum absolute atomic E-state index is 13.3. The number of morpholine rings is 1. The van der Waals surface area contributed by atoms with E-state index in [4.69, 9.17) is 14.2 Å². The molecule has 1 aromatic carbocycles. The number of fused-ring (bicyclic) bond motifs is 2. The molecule has 10 nitrogen and oxygen atoms in total. The molecule has 2 aliphatic rings. The summed E-state index contributed by atoms with van der Waals surface area (Å²) < 4.78 is 18.8. The number of benzene rings is 1. The Kier molecular flexibility index (Phi) is 5.34. The number of H-pyrrole nitrogens is 1. The predicted octanol–water partition coefficient (Wildman–Crippen LogP) is 1.85. The molecule has 1 fully saturated rings. The summed E-state index contributed by atoms with van der Waals surface area (Å²) in [6, 6.07) is 5.26. The molecular weight excluding hydrogens is 412 g/mol. The zero-order valence-corrected chi connectivity index (χ0v) is 18.6. The van der Waals surface area contributed by atoms with E-state index in [0.717, 1.165) is 11.8 Å². The lowest BCUT2D eigenvalue weighted by atomic mass is 9.99. The molecule has 170 valence electrons. The number of nitrogens with one attached hydrogen (secondary N) is 1. The van der Waals surface area contributed by atoms with Gasteiger partial charge in [-0.2, -0.15) is 0 Å². The average Bonchev–Trinajstić information content (AvgIpc) is 3.29. The smallest absolute Gasteiger partial charge is 0.253 e. The number of pyridine rings is 1. The van der Waals surface area contributed by atoms with E-state index in [1.807, 2.05) is 22.9 Å². The first-order valence-corrected chi connectivity index (χ1v) is 11.0. The van der Waals surface area contributed by atoms with Crippen LogP contribution in [0.3, 0.4) is 0 Å². The molecule has 0 radical (unpaired) electrons. The summed E-state index contributed by atoms with van der Waals surface area (Å²) in [5.41, 5.74) is 0.836. The van der Waals surface area contributed by atoms with Crippen LogP contribution in [0.2, 0.25) is 0 Å². The lowest BCUT2D eigenvalue weighted by Gasteiger charge is -2.35. The van der Waals surface area contributed by atoms with Crippen molar-refractivity contribution in [2.75, 3.05) is 39.5 Å². The minimum atomic E-state index is -0.402. The topological polar surface area (TPSA) is 107 Å². The molecule has 10 heteroatoms. The molecule has 0 unspecified atom stereocenters. The Morgan fingerprint density at radius 3 is 2.53 bits per heavy atom. The Balaban J connectivity index is 1.67. The number of hydrogen-bond acceptors (Lipinski definition) is 8. The van der Waals surface area contributed by atoms with Crippen LogP contribution in [-0.2, 0) is 10.3 Å². The first-order valence-electron chi connectivity index (χ1n) is 11.0. The van der Waals surface area contributed by atoms with Gasteiger partial charge in [0.2, 0.25) is 0 Å². The molecule has 2 aromatic heterocycles. The third-order valence-corrected chi connectivity index (χ3v) is 6.42. The highest BCUT2D eigenvalue weighted by molar-refractivity contribution is 5.83. The molecule has 0 amide bonds. The van der Waals surface area contributed by atoms with Crippen LogP contribution in [0, 0.1) is 0 Å². The minimum absolute atomic E-state index is 0.172. The number of rotatable bonds is 5. The molecule has 2 aliphatic heterocycles. The van der Waals surface area contributed by atoms with Crippen LogP contribution in [0.15, 0.2) is 23.0 Å². The highest BCUT2D eigenvalue weighted by atomic mass is 16.6. The van der Waals surface area contributed by atoms with Gasteiger partial charge in [-0.05, 0) is 42.8 Å². The van der Waals surface area contributed by atoms with Gasteiger partial charge in [-0.25, -0.2) is 4.68 Å². The van der Waals surface area contributed by atoms with Crippen molar-refractivity contribution in [3.63, 3.8) is 0 Å². The molecule has 3 aromatic rings. The van der Waals surface area contributed by atoms with E-state index in [-0.39, 0.29) is 11.1 Å².